The van der Waals surface area contributed by atoms with E-state index < -0.39 is 6.04 Å². The van der Waals surface area contributed by atoms with Crippen LogP contribution in [0, 0.1) is 4.91 Å². The van der Waals surface area contributed by atoms with Crippen molar-refractivity contribution in [2.75, 3.05) is 0 Å². The zero-order valence-corrected chi connectivity index (χ0v) is 9.26. The summed E-state index contributed by atoms with van der Waals surface area (Å²) < 4.78 is 0. The summed E-state index contributed by atoms with van der Waals surface area (Å²) in [6, 6.07) is 16.2. The fourth-order valence-corrected chi connectivity index (χ4v) is 1.72. The normalized spacial score (nSPS) is 12.1. The van der Waals surface area contributed by atoms with Gasteiger partial charge in [-0.1, -0.05) is 59.2 Å². The average molecular weight is 232 g/mol. The maximum absolute atomic E-state index is 10.9. The molecule has 2 rings (SSSR count). The van der Waals surface area contributed by atoms with Crippen molar-refractivity contribution >= 4 is 11.6 Å². The van der Waals surface area contributed by atoms with Crippen LogP contribution in [0.3, 0.4) is 0 Å². The molecule has 2 aromatic rings. The molecule has 0 heterocycles. The van der Waals surface area contributed by atoms with Gasteiger partial charge in [0.2, 0.25) is 0 Å². The van der Waals surface area contributed by atoms with E-state index in [9.17, 15) is 4.91 Å². The van der Waals surface area contributed by atoms with Gasteiger partial charge in [-0.15, -0.1) is 4.91 Å². The highest BCUT2D eigenvalue weighted by atomic mass is 35.5. The predicted octanol–water partition coefficient (Wildman–Crippen LogP) is 4.20. The molecular formula is C13H10ClNO. The Balaban J connectivity index is 2.37. The largest absolute Gasteiger partial charge is 0.150 e. The van der Waals surface area contributed by atoms with Crippen molar-refractivity contribution in [3.05, 3.63) is 75.7 Å². The zero-order chi connectivity index (χ0) is 11.4. The molecule has 0 N–H and O–H groups in total. The Bertz CT molecular complexity index is 467. The Hall–Kier alpha value is -1.67. The van der Waals surface area contributed by atoms with E-state index in [-0.39, 0.29) is 0 Å². The monoisotopic (exact) mass is 231 g/mol. The molecule has 0 aliphatic carbocycles. The van der Waals surface area contributed by atoms with Gasteiger partial charge in [0.1, 0.15) is 6.04 Å². The van der Waals surface area contributed by atoms with Crippen LogP contribution in [0.4, 0.5) is 0 Å². The summed E-state index contributed by atoms with van der Waals surface area (Å²) in [7, 11) is 0. The van der Waals surface area contributed by atoms with Gasteiger partial charge in [-0.2, -0.15) is 0 Å². The third-order valence-corrected chi connectivity index (χ3v) is 2.66. The number of halogens is 1. The molecule has 2 aromatic carbocycles. The lowest BCUT2D eigenvalue weighted by atomic mass is 10.00. The Morgan fingerprint density at radius 2 is 1.44 bits per heavy atom. The third-order valence-electron chi connectivity index (χ3n) is 2.41. The molecule has 0 saturated carbocycles. The molecule has 0 saturated heterocycles. The zero-order valence-electron chi connectivity index (χ0n) is 8.51. The van der Waals surface area contributed by atoms with Crippen LogP contribution >= 0.6 is 11.6 Å². The molecule has 0 bridgehead atoms. The molecule has 0 aromatic heterocycles. The molecule has 1 unspecified atom stereocenters. The standard InChI is InChI=1S/C13H10ClNO/c14-12-8-6-11(7-9-12)13(15-16)10-4-2-1-3-5-10/h1-9,13H. The van der Waals surface area contributed by atoms with Crippen LogP contribution in [0.5, 0.6) is 0 Å². The molecule has 0 amide bonds. The van der Waals surface area contributed by atoms with Crippen LogP contribution in [-0.2, 0) is 0 Å². The summed E-state index contributed by atoms with van der Waals surface area (Å²) in [5, 5.41) is 3.82. The van der Waals surface area contributed by atoms with Gasteiger partial charge < -0.3 is 0 Å². The highest BCUT2D eigenvalue weighted by Gasteiger charge is 2.13. The summed E-state index contributed by atoms with van der Waals surface area (Å²) in [6.45, 7) is 0. The molecule has 0 spiro atoms. The lowest BCUT2D eigenvalue weighted by molar-refractivity contribution is 0.863. The van der Waals surface area contributed by atoms with Crippen LogP contribution in [0.2, 0.25) is 5.02 Å². The highest BCUT2D eigenvalue weighted by molar-refractivity contribution is 6.30. The van der Waals surface area contributed by atoms with Crippen molar-refractivity contribution in [1.82, 2.24) is 0 Å². The van der Waals surface area contributed by atoms with E-state index in [0.717, 1.165) is 11.1 Å². The number of hydrogen-bond donors (Lipinski definition) is 0. The first-order chi connectivity index (χ1) is 7.81. The first kappa shape index (κ1) is 10.8. The molecule has 16 heavy (non-hydrogen) atoms. The smallest absolute Gasteiger partial charge is 0.142 e. The van der Waals surface area contributed by atoms with Crippen LogP contribution in [0.15, 0.2) is 59.8 Å². The van der Waals surface area contributed by atoms with E-state index in [1.54, 1.807) is 12.1 Å². The molecule has 1 atom stereocenters. The second-order valence-electron chi connectivity index (χ2n) is 3.47. The van der Waals surface area contributed by atoms with Crippen molar-refractivity contribution < 1.29 is 0 Å². The van der Waals surface area contributed by atoms with E-state index in [2.05, 4.69) is 5.18 Å². The summed E-state index contributed by atoms with van der Waals surface area (Å²) in [4.78, 5) is 10.9. The SMILES string of the molecule is O=NC(c1ccccc1)c1ccc(Cl)cc1. The van der Waals surface area contributed by atoms with E-state index >= 15 is 0 Å². The van der Waals surface area contributed by atoms with Gasteiger partial charge in [0, 0.05) is 5.02 Å². The van der Waals surface area contributed by atoms with Gasteiger partial charge in [-0.25, -0.2) is 0 Å². The molecule has 0 fully saturated rings. The number of hydrogen-bond acceptors (Lipinski definition) is 2. The fraction of sp³-hybridized carbons (Fsp3) is 0.0769. The van der Waals surface area contributed by atoms with Gasteiger partial charge >= 0.3 is 0 Å². The molecule has 0 radical (unpaired) electrons. The highest BCUT2D eigenvalue weighted by Crippen LogP contribution is 2.26. The fourth-order valence-electron chi connectivity index (χ4n) is 1.59. The van der Waals surface area contributed by atoms with Crippen LogP contribution in [-0.4, -0.2) is 0 Å². The summed E-state index contributed by atoms with van der Waals surface area (Å²) in [6.07, 6.45) is 0. The lowest BCUT2D eigenvalue weighted by Gasteiger charge is -2.09. The second-order valence-corrected chi connectivity index (χ2v) is 3.91. The Morgan fingerprint density at radius 1 is 0.875 bits per heavy atom. The summed E-state index contributed by atoms with van der Waals surface area (Å²) in [5.41, 5.74) is 1.74. The van der Waals surface area contributed by atoms with Crippen molar-refractivity contribution in [2.45, 2.75) is 6.04 Å². The van der Waals surface area contributed by atoms with Crippen molar-refractivity contribution in [3.63, 3.8) is 0 Å². The minimum atomic E-state index is -0.460. The lowest BCUT2D eigenvalue weighted by Crippen LogP contribution is -1.96. The Labute approximate surface area is 98.9 Å². The van der Waals surface area contributed by atoms with E-state index in [1.165, 1.54) is 0 Å². The third kappa shape index (κ3) is 2.28. The molecule has 2 nitrogen and oxygen atoms in total. The van der Waals surface area contributed by atoms with Gasteiger partial charge in [-0.3, -0.25) is 0 Å². The van der Waals surface area contributed by atoms with E-state index in [4.69, 9.17) is 11.6 Å². The van der Waals surface area contributed by atoms with E-state index in [0.29, 0.717) is 5.02 Å². The summed E-state index contributed by atoms with van der Waals surface area (Å²) >= 11 is 5.80. The Morgan fingerprint density at radius 3 is 2.00 bits per heavy atom. The minimum absolute atomic E-state index is 0.460. The van der Waals surface area contributed by atoms with Crippen molar-refractivity contribution in [2.24, 2.45) is 5.18 Å². The maximum atomic E-state index is 10.9. The van der Waals surface area contributed by atoms with Gasteiger partial charge in [0.15, 0.2) is 0 Å². The van der Waals surface area contributed by atoms with Crippen LogP contribution in [0.1, 0.15) is 17.2 Å². The van der Waals surface area contributed by atoms with Gasteiger partial charge in [0.25, 0.3) is 0 Å². The Kier molecular flexibility index (Phi) is 3.32. The van der Waals surface area contributed by atoms with Gasteiger partial charge in [-0.05, 0) is 23.3 Å². The van der Waals surface area contributed by atoms with Crippen LogP contribution in [0.25, 0.3) is 0 Å². The molecule has 0 aliphatic heterocycles. The van der Waals surface area contributed by atoms with Crippen LogP contribution < -0.4 is 0 Å². The molecular weight excluding hydrogens is 222 g/mol. The molecule has 80 valence electrons. The maximum Gasteiger partial charge on any atom is 0.142 e. The first-order valence-electron chi connectivity index (χ1n) is 4.94. The average Bonchev–Trinajstić information content (AvgIpc) is 2.34. The number of benzene rings is 2. The topological polar surface area (TPSA) is 29.4 Å². The molecule has 0 aliphatic rings. The van der Waals surface area contributed by atoms with Crippen molar-refractivity contribution in [1.29, 1.82) is 0 Å². The second kappa shape index (κ2) is 4.90. The van der Waals surface area contributed by atoms with Gasteiger partial charge in [0.05, 0.1) is 0 Å². The quantitative estimate of drug-likeness (QED) is 0.728. The van der Waals surface area contributed by atoms with Crippen molar-refractivity contribution in [3.8, 4) is 0 Å². The number of nitroso groups, excluding NO2 is 1. The minimum Gasteiger partial charge on any atom is -0.150 e. The number of rotatable bonds is 3. The summed E-state index contributed by atoms with van der Waals surface area (Å²) in [5.74, 6) is 0. The van der Waals surface area contributed by atoms with E-state index in [1.807, 2.05) is 42.5 Å². The number of nitrogens with zero attached hydrogens (tertiary/aromatic N) is 1. The molecule has 3 heteroatoms. The predicted molar refractivity (Wildman–Crippen MR) is 65.5 cm³/mol. The first-order valence-corrected chi connectivity index (χ1v) is 5.32.